The Morgan fingerprint density at radius 1 is 1.30 bits per heavy atom. The molecule has 0 spiro atoms. The number of carbonyl (C=O) groups is 2. The summed E-state index contributed by atoms with van der Waals surface area (Å²) in [6.45, 7) is 3.36. The van der Waals surface area contributed by atoms with Crippen molar-refractivity contribution in [2.24, 2.45) is 0 Å². The lowest BCUT2D eigenvalue weighted by Gasteiger charge is -2.14. The first-order chi connectivity index (χ1) is 10.9. The highest BCUT2D eigenvalue weighted by molar-refractivity contribution is 5.97. The second-order valence-corrected chi connectivity index (χ2v) is 4.94. The molecule has 0 radical (unpaired) electrons. The first kappa shape index (κ1) is 16.5. The van der Waals surface area contributed by atoms with Crippen molar-refractivity contribution < 1.29 is 14.0 Å². The number of hydrogen-bond donors (Lipinski definition) is 3. The van der Waals surface area contributed by atoms with Gasteiger partial charge in [0.15, 0.2) is 0 Å². The Hall–Kier alpha value is -2.90. The second kappa shape index (κ2) is 6.91. The maximum Gasteiger partial charge on any atom is 0.321 e. The van der Waals surface area contributed by atoms with E-state index in [1.54, 1.807) is 32.0 Å². The second-order valence-electron chi connectivity index (χ2n) is 4.94. The van der Waals surface area contributed by atoms with E-state index in [9.17, 15) is 14.0 Å². The van der Waals surface area contributed by atoms with Crippen molar-refractivity contribution in [1.82, 2.24) is 20.4 Å². The summed E-state index contributed by atoms with van der Waals surface area (Å²) in [4.78, 5) is 23.0. The average Bonchev–Trinajstić information content (AvgIpc) is 2.88. The van der Waals surface area contributed by atoms with Crippen LogP contribution in [0.4, 0.5) is 14.9 Å². The molecule has 0 aliphatic heterocycles. The Bertz CT molecular complexity index is 728. The summed E-state index contributed by atoms with van der Waals surface area (Å²) in [7, 11) is 1.42. The SMILES string of the molecule is CNC(=O)NC(=O)[C@H](C)Nc1cnn(-c2ccccc2F)c1C. The molecule has 1 aromatic carbocycles. The molecule has 0 bridgehead atoms. The number of imide groups is 1. The molecule has 0 unspecified atom stereocenters. The van der Waals surface area contributed by atoms with E-state index in [4.69, 9.17) is 0 Å². The summed E-state index contributed by atoms with van der Waals surface area (Å²) in [6, 6.07) is 5.03. The largest absolute Gasteiger partial charge is 0.371 e. The summed E-state index contributed by atoms with van der Waals surface area (Å²) in [6.07, 6.45) is 1.51. The minimum atomic E-state index is -0.663. The van der Waals surface area contributed by atoms with Gasteiger partial charge in [-0.25, -0.2) is 13.9 Å². The van der Waals surface area contributed by atoms with Gasteiger partial charge in [-0.1, -0.05) is 12.1 Å². The molecule has 0 saturated carbocycles. The number of rotatable bonds is 4. The third kappa shape index (κ3) is 3.65. The van der Waals surface area contributed by atoms with Gasteiger partial charge >= 0.3 is 6.03 Å². The van der Waals surface area contributed by atoms with Crippen LogP contribution in [-0.4, -0.2) is 34.8 Å². The summed E-state index contributed by atoms with van der Waals surface area (Å²) >= 11 is 0. The molecule has 3 amide bonds. The van der Waals surface area contributed by atoms with Crippen molar-refractivity contribution in [2.45, 2.75) is 19.9 Å². The van der Waals surface area contributed by atoms with Crippen molar-refractivity contribution in [2.75, 3.05) is 12.4 Å². The predicted octanol–water partition coefficient (Wildman–Crippen LogP) is 1.58. The molecular formula is C15H18FN5O2. The molecular weight excluding hydrogens is 301 g/mol. The Labute approximate surface area is 132 Å². The smallest absolute Gasteiger partial charge is 0.321 e. The van der Waals surface area contributed by atoms with Crippen molar-refractivity contribution in [3.8, 4) is 5.69 Å². The fourth-order valence-corrected chi connectivity index (χ4v) is 2.00. The van der Waals surface area contributed by atoms with E-state index in [1.807, 2.05) is 0 Å². The molecule has 8 heteroatoms. The van der Waals surface area contributed by atoms with E-state index in [1.165, 1.54) is 24.0 Å². The van der Waals surface area contributed by atoms with E-state index in [0.29, 0.717) is 17.1 Å². The fourth-order valence-electron chi connectivity index (χ4n) is 2.00. The maximum atomic E-state index is 13.8. The standard InChI is InChI=1S/C15H18FN5O2/c1-9(14(22)20-15(23)17-3)19-12-8-18-21(10(12)2)13-7-5-4-6-11(13)16/h4-9,19H,1-3H3,(H2,17,20,22,23)/t9-/m0/s1. The van der Waals surface area contributed by atoms with Crippen LogP contribution in [0.25, 0.3) is 5.69 Å². The molecule has 0 fully saturated rings. The van der Waals surface area contributed by atoms with Crippen molar-refractivity contribution in [1.29, 1.82) is 0 Å². The van der Waals surface area contributed by atoms with Crippen molar-refractivity contribution in [3.63, 3.8) is 0 Å². The van der Waals surface area contributed by atoms with Gasteiger partial charge in [0.25, 0.3) is 0 Å². The molecule has 23 heavy (non-hydrogen) atoms. The molecule has 0 saturated heterocycles. The van der Waals surface area contributed by atoms with E-state index in [0.717, 1.165) is 0 Å². The minimum absolute atomic E-state index is 0.320. The number of halogens is 1. The highest BCUT2D eigenvalue weighted by Gasteiger charge is 2.18. The van der Waals surface area contributed by atoms with Crippen LogP contribution in [0.1, 0.15) is 12.6 Å². The van der Waals surface area contributed by atoms with E-state index in [2.05, 4.69) is 21.0 Å². The number of para-hydroxylation sites is 1. The zero-order chi connectivity index (χ0) is 17.0. The number of anilines is 1. The van der Waals surface area contributed by atoms with Crippen LogP contribution in [0.5, 0.6) is 0 Å². The molecule has 1 heterocycles. The van der Waals surface area contributed by atoms with Gasteiger partial charge in [0.1, 0.15) is 17.5 Å². The Kier molecular flexibility index (Phi) is 4.95. The van der Waals surface area contributed by atoms with E-state index >= 15 is 0 Å². The molecule has 0 aliphatic rings. The molecule has 0 aliphatic carbocycles. The lowest BCUT2D eigenvalue weighted by Crippen LogP contribution is -2.44. The van der Waals surface area contributed by atoms with Crippen LogP contribution in [0.3, 0.4) is 0 Å². The normalized spacial score (nSPS) is 11.7. The number of nitrogens with one attached hydrogen (secondary N) is 3. The quantitative estimate of drug-likeness (QED) is 0.798. The maximum absolute atomic E-state index is 13.8. The number of urea groups is 1. The predicted molar refractivity (Wildman–Crippen MR) is 83.9 cm³/mol. The molecule has 2 rings (SSSR count). The van der Waals surface area contributed by atoms with Crippen molar-refractivity contribution >= 4 is 17.6 Å². The number of carbonyl (C=O) groups excluding carboxylic acids is 2. The fraction of sp³-hybridized carbons (Fsp3) is 0.267. The number of benzene rings is 1. The minimum Gasteiger partial charge on any atom is -0.371 e. The van der Waals surface area contributed by atoms with Crippen LogP contribution in [0.2, 0.25) is 0 Å². The van der Waals surface area contributed by atoms with Gasteiger partial charge in [0.05, 0.1) is 17.6 Å². The van der Waals surface area contributed by atoms with E-state index < -0.39 is 23.8 Å². The Morgan fingerprint density at radius 2 is 2.00 bits per heavy atom. The van der Waals surface area contributed by atoms with Gasteiger partial charge in [-0.2, -0.15) is 5.10 Å². The molecule has 2 aromatic rings. The highest BCUT2D eigenvalue weighted by Crippen LogP contribution is 2.20. The van der Waals surface area contributed by atoms with Crippen LogP contribution >= 0.6 is 0 Å². The summed E-state index contributed by atoms with van der Waals surface area (Å²) in [5, 5.41) is 11.6. The van der Waals surface area contributed by atoms with Crippen molar-refractivity contribution in [3.05, 3.63) is 42.0 Å². The molecule has 1 atom stereocenters. The van der Waals surface area contributed by atoms with Crippen LogP contribution in [0.15, 0.2) is 30.5 Å². The Balaban J connectivity index is 2.15. The lowest BCUT2D eigenvalue weighted by molar-refractivity contribution is -0.120. The summed E-state index contributed by atoms with van der Waals surface area (Å²) < 4.78 is 15.3. The first-order valence-corrected chi connectivity index (χ1v) is 7.02. The number of amides is 3. The number of aromatic nitrogens is 2. The highest BCUT2D eigenvalue weighted by atomic mass is 19.1. The number of nitrogens with zero attached hydrogens (tertiary/aromatic N) is 2. The molecule has 1 aromatic heterocycles. The van der Waals surface area contributed by atoms with Gasteiger partial charge in [-0.15, -0.1) is 0 Å². The van der Waals surface area contributed by atoms with Gasteiger partial charge < -0.3 is 10.6 Å². The monoisotopic (exact) mass is 319 g/mol. The van der Waals surface area contributed by atoms with Gasteiger partial charge in [-0.05, 0) is 26.0 Å². The zero-order valence-corrected chi connectivity index (χ0v) is 13.1. The lowest BCUT2D eigenvalue weighted by atomic mass is 10.2. The summed E-state index contributed by atoms with van der Waals surface area (Å²) in [5.41, 5.74) is 1.54. The van der Waals surface area contributed by atoms with Gasteiger partial charge in [0.2, 0.25) is 5.91 Å². The third-order valence-corrected chi connectivity index (χ3v) is 3.32. The molecule has 122 valence electrons. The summed E-state index contributed by atoms with van der Waals surface area (Å²) in [5.74, 6) is -0.877. The zero-order valence-electron chi connectivity index (χ0n) is 13.1. The number of hydrogen-bond acceptors (Lipinski definition) is 4. The molecule has 3 N–H and O–H groups in total. The van der Waals surface area contributed by atoms with Crippen LogP contribution in [0, 0.1) is 12.7 Å². The van der Waals surface area contributed by atoms with Crippen LogP contribution < -0.4 is 16.0 Å². The first-order valence-electron chi connectivity index (χ1n) is 7.02. The van der Waals surface area contributed by atoms with Gasteiger partial charge in [-0.3, -0.25) is 10.1 Å². The molecule has 7 nitrogen and oxygen atoms in total. The average molecular weight is 319 g/mol. The van der Waals surface area contributed by atoms with E-state index in [-0.39, 0.29) is 0 Å². The van der Waals surface area contributed by atoms with Crippen LogP contribution in [-0.2, 0) is 4.79 Å². The van der Waals surface area contributed by atoms with Gasteiger partial charge in [0, 0.05) is 7.05 Å². The Morgan fingerprint density at radius 3 is 2.65 bits per heavy atom. The topological polar surface area (TPSA) is 88.1 Å². The third-order valence-electron chi connectivity index (χ3n) is 3.32.